The minimum absolute atomic E-state index is 0.0238. The predicted molar refractivity (Wildman–Crippen MR) is 169 cm³/mol. The fourth-order valence-electron chi connectivity index (χ4n) is 4.58. The van der Waals surface area contributed by atoms with Crippen LogP contribution >= 0.6 is 11.8 Å². The number of sulfonamides is 1. The van der Waals surface area contributed by atoms with Crippen molar-refractivity contribution in [2.45, 2.75) is 63.1 Å². The summed E-state index contributed by atoms with van der Waals surface area (Å²) in [5, 5.41) is 2.43. The van der Waals surface area contributed by atoms with Crippen molar-refractivity contribution in [1.82, 2.24) is 14.5 Å². The monoisotopic (exact) mass is 648 g/mol. The molecule has 0 bridgehead atoms. The van der Waals surface area contributed by atoms with Gasteiger partial charge < -0.3 is 19.3 Å². The molecule has 0 aromatic heterocycles. The number of hydrogen-bond donors (Lipinski definition) is 1. The van der Waals surface area contributed by atoms with Gasteiger partial charge in [-0.15, -0.1) is 0 Å². The third-order valence-electron chi connectivity index (χ3n) is 6.63. The third kappa shape index (κ3) is 9.19. The van der Waals surface area contributed by atoms with Crippen LogP contribution in [0.25, 0.3) is 10.8 Å². The number of benzene rings is 2. The number of likely N-dealkylation sites (tertiary alicyclic amines) is 1. The lowest BCUT2D eigenvalue weighted by Crippen LogP contribution is -2.42. The smallest absolute Gasteiger partial charge is 0.410 e. The Kier molecular flexibility index (Phi) is 11.8. The highest BCUT2D eigenvalue weighted by Gasteiger charge is 2.36. The van der Waals surface area contributed by atoms with E-state index in [1.54, 1.807) is 39.0 Å². The van der Waals surface area contributed by atoms with Crippen molar-refractivity contribution in [2.75, 3.05) is 38.7 Å². The molecular weight excluding hydrogens is 608 g/mol. The molecule has 240 valence electrons. The Morgan fingerprint density at radius 2 is 1.82 bits per heavy atom. The van der Waals surface area contributed by atoms with E-state index in [-0.39, 0.29) is 23.2 Å². The van der Waals surface area contributed by atoms with Gasteiger partial charge in [0.05, 0.1) is 11.4 Å². The summed E-state index contributed by atoms with van der Waals surface area (Å²) in [7, 11) is -0.349. The first-order valence-corrected chi connectivity index (χ1v) is 16.5. The number of ether oxygens (including phenoxy) is 2. The van der Waals surface area contributed by atoms with Crippen molar-refractivity contribution in [3.05, 3.63) is 48.0 Å². The van der Waals surface area contributed by atoms with E-state index in [0.717, 1.165) is 22.8 Å². The lowest BCUT2D eigenvalue weighted by atomic mass is 10.1. The summed E-state index contributed by atoms with van der Waals surface area (Å²) in [6.07, 6.45) is 2.53. The van der Waals surface area contributed by atoms with Gasteiger partial charge in [0.25, 0.3) is 0 Å². The molecule has 12 nitrogen and oxygen atoms in total. The van der Waals surface area contributed by atoms with E-state index in [0.29, 0.717) is 31.2 Å². The molecule has 0 radical (unpaired) electrons. The van der Waals surface area contributed by atoms with E-state index >= 15 is 0 Å². The molecule has 0 saturated carbocycles. The molecule has 14 heteroatoms. The van der Waals surface area contributed by atoms with Gasteiger partial charge in [0.15, 0.2) is 0 Å². The lowest BCUT2D eigenvalue weighted by molar-refractivity contribution is -0.145. The SMILES string of the molecule is CC(NS(=O)(=O)c1cccc2c(N(C)C)cccc12)C(=O)OCCN(C=O)/C=C/SC(=O)C1CCCN1C(=O)OC(C)(C)C. The molecule has 2 aromatic carbocycles. The van der Waals surface area contributed by atoms with Crippen LogP contribution in [0.3, 0.4) is 0 Å². The summed E-state index contributed by atoms with van der Waals surface area (Å²) < 4.78 is 39.4. The van der Waals surface area contributed by atoms with E-state index in [4.69, 9.17) is 9.47 Å². The van der Waals surface area contributed by atoms with Crippen LogP contribution < -0.4 is 9.62 Å². The topological polar surface area (TPSA) is 143 Å². The summed E-state index contributed by atoms with van der Waals surface area (Å²) in [5.41, 5.74) is 0.175. The maximum atomic E-state index is 13.2. The number of rotatable bonds is 12. The molecule has 2 atom stereocenters. The largest absolute Gasteiger partial charge is 0.463 e. The van der Waals surface area contributed by atoms with Crippen LogP contribution in [-0.4, -0.2) is 93.3 Å². The summed E-state index contributed by atoms with van der Waals surface area (Å²) >= 11 is 0.852. The third-order valence-corrected chi connectivity index (χ3v) is 9.00. The first-order valence-electron chi connectivity index (χ1n) is 14.1. The first kappa shape index (κ1) is 34.9. The Bertz CT molecular complexity index is 1500. The molecule has 0 aliphatic carbocycles. The number of anilines is 1. The van der Waals surface area contributed by atoms with Gasteiger partial charge in [-0.2, -0.15) is 4.72 Å². The zero-order valence-corrected chi connectivity index (χ0v) is 27.4. The van der Waals surface area contributed by atoms with Gasteiger partial charge in [-0.1, -0.05) is 36.0 Å². The summed E-state index contributed by atoms with van der Waals surface area (Å²) in [4.78, 5) is 53.8. The number of carbonyl (C=O) groups excluding carboxylic acids is 4. The standard InChI is InChI=1S/C30H40N4O8S2/c1-21(31-44(39,40)26-14-8-10-22-23(26)11-7-12-24(22)32(5)6)27(36)41-18-16-33(20-35)17-19-43-28(37)25-13-9-15-34(25)29(38)42-30(2,3)4/h7-8,10-12,14,17,19-21,25,31H,9,13,15-16,18H2,1-6H3/b19-17+. The molecule has 2 amide bonds. The van der Waals surface area contributed by atoms with Crippen molar-refractivity contribution in [1.29, 1.82) is 0 Å². The van der Waals surface area contributed by atoms with E-state index < -0.39 is 39.8 Å². The lowest BCUT2D eigenvalue weighted by Gasteiger charge is -2.27. The molecule has 2 aromatic rings. The number of esters is 1. The van der Waals surface area contributed by atoms with Crippen molar-refractivity contribution >= 4 is 61.8 Å². The average Bonchev–Trinajstić information content (AvgIpc) is 3.45. The number of thioether (sulfide) groups is 1. The van der Waals surface area contributed by atoms with Gasteiger partial charge in [0, 0.05) is 43.3 Å². The molecule has 1 aliphatic heterocycles. The molecule has 1 heterocycles. The zero-order chi connectivity index (χ0) is 32.7. The highest BCUT2D eigenvalue weighted by molar-refractivity contribution is 8.16. The molecule has 0 spiro atoms. The fraction of sp³-hybridized carbons (Fsp3) is 0.467. The van der Waals surface area contributed by atoms with Crippen LogP contribution in [0.2, 0.25) is 0 Å². The molecule has 1 aliphatic rings. The number of nitrogens with one attached hydrogen (secondary N) is 1. The van der Waals surface area contributed by atoms with Crippen molar-refractivity contribution in [3.8, 4) is 0 Å². The van der Waals surface area contributed by atoms with Crippen LogP contribution in [0.1, 0.15) is 40.5 Å². The molecule has 2 unspecified atom stereocenters. The molecule has 1 saturated heterocycles. The maximum Gasteiger partial charge on any atom is 0.410 e. The van der Waals surface area contributed by atoms with Crippen molar-refractivity contribution in [2.24, 2.45) is 0 Å². The van der Waals surface area contributed by atoms with E-state index in [1.807, 2.05) is 31.1 Å². The highest BCUT2D eigenvalue weighted by Crippen LogP contribution is 2.30. The number of hydrogen-bond acceptors (Lipinski definition) is 10. The second-order valence-corrected chi connectivity index (χ2v) is 14.0. The van der Waals surface area contributed by atoms with Crippen LogP contribution in [0.5, 0.6) is 0 Å². The Morgan fingerprint density at radius 1 is 1.14 bits per heavy atom. The fourth-order valence-corrected chi connectivity index (χ4v) is 6.74. The van der Waals surface area contributed by atoms with E-state index in [9.17, 15) is 27.6 Å². The van der Waals surface area contributed by atoms with Gasteiger partial charge in [-0.05, 0) is 58.1 Å². The quantitative estimate of drug-likeness (QED) is 0.267. The van der Waals surface area contributed by atoms with Gasteiger partial charge >= 0.3 is 12.1 Å². The average molecular weight is 649 g/mol. The van der Waals surface area contributed by atoms with Gasteiger partial charge in [0.2, 0.25) is 21.5 Å². The van der Waals surface area contributed by atoms with Crippen LogP contribution in [0.4, 0.5) is 10.5 Å². The highest BCUT2D eigenvalue weighted by atomic mass is 32.2. The molecule has 44 heavy (non-hydrogen) atoms. The first-order chi connectivity index (χ1) is 20.6. The summed E-state index contributed by atoms with van der Waals surface area (Å²) in [6, 6.07) is 8.49. The number of fused-ring (bicyclic) bond motifs is 1. The Labute approximate surface area is 262 Å². The Hall–Kier alpha value is -3.62. The predicted octanol–water partition coefficient (Wildman–Crippen LogP) is 3.70. The molecule has 1 N–H and O–H groups in total. The molecular formula is C30H40N4O8S2. The maximum absolute atomic E-state index is 13.2. The minimum Gasteiger partial charge on any atom is -0.463 e. The second kappa shape index (κ2) is 14.9. The van der Waals surface area contributed by atoms with Gasteiger partial charge in [0.1, 0.15) is 24.3 Å². The summed E-state index contributed by atoms with van der Waals surface area (Å²) in [6.45, 7) is 6.84. The van der Waals surface area contributed by atoms with Crippen molar-refractivity contribution < 1.29 is 37.1 Å². The van der Waals surface area contributed by atoms with E-state index in [2.05, 4.69) is 4.72 Å². The Morgan fingerprint density at radius 3 is 2.48 bits per heavy atom. The Balaban J connectivity index is 1.51. The zero-order valence-electron chi connectivity index (χ0n) is 25.8. The van der Waals surface area contributed by atoms with E-state index in [1.165, 1.54) is 34.4 Å². The number of amides is 2. The number of nitrogens with zero attached hydrogens (tertiary/aromatic N) is 3. The molecule has 1 fully saturated rings. The number of carbonyl (C=O) groups is 4. The minimum atomic E-state index is -4.08. The normalized spacial score (nSPS) is 16.1. The van der Waals surface area contributed by atoms with Crippen LogP contribution in [0.15, 0.2) is 52.9 Å². The van der Waals surface area contributed by atoms with Gasteiger partial charge in [-0.3, -0.25) is 19.3 Å². The van der Waals surface area contributed by atoms with Gasteiger partial charge in [-0.25, -0.2) is 13.2 Å². The summed E-state index contributed by atoms with van der Waals surface area (Å²) in [5.74, 6) is -0.814. The molecule has 3 rings (SSSR count). The second-order valence-electron chi connectivity index (χ2n) is 11.4. The van der Waals surface area contributed by atoms with Crippen LogP contribution in [-0.2, 0) is 33.9 Å². The van der Waals surface area contributed by atoms with Crippen molar-refractivity contribution in [3.63, 3.8) is 0 Å². The van der Waals surface area contributed by atoms with Crippen LogP contribution in [0, 0.1) is 0 Å².